The number of aryl methyl sites for hydroxylation is 1. The minimum atomic E-state index is 0.337. The van der Waals surface area contributed by atoms with Crippen LogP contribution in [0, 0.1) is 6.92 Å². The van der Waals surface area contributed by atoms with Gasteiger partial charge in [-0.05, 0) is 62.2 Å². The van der Waals surface area contributed by atoms with Crippen LogP contribution >= 0.6 is 0 Å². The fourth-order valence-corrected chi connectivity index (χ4v) is 3.82. The van der Waals surface area contributed by atoms with Gasteiger partial charge in [-0.25, -0.2) is 4.98 Å². The van der Waals surface area contributed by atoms with Gasteiger partial charge in [-0.2, -0.15) is 5.10 Å². The number of aromatic nitrogens is 3. The number of pyridine rings is 1. The third kappa shape index (κ3) is 4.32. The zero-order valence-electron chi connectivity index (χ0n) is 17.4. The van der Waals surface area contributed by atoms with E-state index in [0.29, 0.717) is 17.4 Å². The fraction of sp³-hybridized carbons (Fsp3) is 0.250. The Labute approximate surface area is 180 Å². The van der Waals surface area contributed by atoms with Crippen molar-refractivity contribution >= 4 is 16.9 Å². The summed E-state index contributed by atoms with van der Waals surface area (Å²) in [5.74, 6) is 3.82. The maximum atomic E-state index is 6.30. The zero-order chi connectivity index (χ0) is 21.0. The first kappa shape index (κ1) is 19.4. The molecule has 0 amide bonds. The fourth-order valence-electron chi connectivity index (χ4n) is 3.82. The van der Waals surface area contributed by atoms with E-state index in [1.807, 2.05) is 61.5 Å². The summed E-state index contributed by atoms with van der Waals surface area (Å²) >= 11 is 0. The molecular weight excluding hydrogens is 390 g/mol. The van der Waals surface area contributed by atoms with Gasteiger partial charge in [0.15, 0.2) is 11.5 Å². The second kappa shape index (κ2) is 8.65. The molecule has 3 N–H and O–H groups in total. The molecular formula is C24H25N5O2. The summed E-state index contributed by atoms with van der Waals surface area (Å²) in [5, 5.41) is 15.3. The molecule has 1 aliphatic heterocycles. The molecule has 1 saturated heterocycles. The van der Waals surface area contributed by atoms with Gasteiger partial charge in [-0.3, -0.25) is 5.10 Å². The number of aromatic amines is 1. The molecule has 1 aliphatic rings. The zero-order valence-corrected chi connectivity index (χ0v) is 17.4. The molecule has 5 rings (SSSR count). The molecule has 7 heteroatoms. The molecule has 0 unspecified atom stereocenters. The Morgan fingerprint density at radius 1 is 1.00 bits per heavy atom. The van der Waals surface area contributed by atoms with Crippen molar-refractivity contribution in [3.63, 3.8) is 0 Å². The average molecular weight is 415 g/mol. The Bertz CT molecular complexity index is 1170. The molecule has 2 aromatic heterocycles. The van der Waals surface area contributed by atoms with Crippen molar-refractivity contribution in [1.29, 1.82) is 0 Å². The highest BCUT2D eigenvalue weighted by molar-refractivity contribution is 5.93. The van der Waals surface area contributed by atoms with Crippen molar-refractivity contribution < 1.29 is 9.47 Å². The number of piperidine rings is 1. The van der Waals surface area contributed by atoms with Crippen LogP contribution in [-0.4, -0.2) is 34.3 Å². The molecule has 0 bridgehead atoms. The number of nitrogens with zero attached hydrogens (tertiary/aromatic N) is 2. The van der Waals surface area contributed by atoms with Crippen LogP contribution in [0.15, 0.2) is 60.8 Å². The third-order valence-electron chi connectivity index (χ3n) is 5.41. The Morgan fingerprint density at radius 3 is 2.71 bits per heavy atom. The van der Waals surface area contributed by atoms with E-state index in [1.54, 1.807) is 6.20 Å². The van der Waals surface area contributed by atoms with Crippen LogP contribution in [0.1, 0.15) is 18.4 Å². The molecule has 31 heavy (non-hydrogen) atoms. The summed E-state index contributed by atoms with van der Waals surface area (Å²) in [5.41, 5.74) is 1.68. The van der Waals surface area contributed by atoms with Crippen molar-refractivity contribution in [3.8, 4) is 23.0 Å². The van der Waals surface area contributed by atoms with Gasteiger partial charge >= 0.3 is 0 Å². The van der Waals surface area contributed by atoms with Crippen molar-refractivity contribution in [1.82, 2.24) is 20.5 Å². The number of para-hydroxylation sites is 1. The third-order valence-corrected chi connectivity index (χ3v) is 5.41. The second-order valence-corrected chi connectivity index (χ2v) is 7.74. The largest absolute Gasteiger partial charge is 0.457 e. The molecule has 1 atom stereocenters. The number of fused-ring (bicyclic) bond motifs is 1. The summed E-state index contributed by atoms with van der Waals surface area (Å²) in [6, 6.07) is 17.8. The van der Waals surface area contributed by atoms with Crippen LogP contribution < -0.4 is 20.1 Å². The van der Waals surface area contributed by atoms with Gasteiger partial charge in [0.25, 0.3) is 0 Å². The summed E-state index contributed by atoms with van der Waals surface area (Å²) in [4.78, 5) is 4.41. The number of anilines is 1. The minimum absolute atomic E-state index is 0.337. The number of rotatable bonds is 6. The summed E-state index contributed by atoms with van der Waals surface area (Å²) in [7, 11) is 0. The van der Waals surface area contributed by atoms with Gasteiger partial charge < -0.3 is 20.1 Å². The predicted octanol–water partition coefficient (Wildman–Crippen LogP) is 5.01. The summed E-state index contributed by atoms with van der Waals surface area (Å²) in [6.45, 7) is 4.00. The highest BCUT2D eigenvalue weighted by Crippen LogP contribution is 2.36. The molecule has 1 fully saturated rings. The number of hydrogen-bond acceptors (Lipinski definition) is 6. The van der Waals surface area contributed by atoms with Gasteiger partial charge in [0.05, 0.1) is 0 Å². The second-order valence-electron chi connectivity index (χ2n) is 7.74. The van der Waals surface area contributed by atoms with E-state index in [9.17, 15) is 0 Å². The molecule has 3 heterocycles. The van der Waals surface area contributed by atoms with E-state index in [2.05, 4.69) is 25.8 Å². The molecule has 158 valence electrons. The van der Waals surface area contributed by atoms with Crippen LogP contribution in [0.4, 0.5) is 5.82 Å². The highest BCUT2D eigenvalue weighted by Gasteiger charge is 2.19. The molecule has 2 aromatic carbocycles. The topological polar surface area (TPSA) is 84.1 Å². The maximum Gasteiger partial charge on any atom is 0.161 e. The lowest BCUT2D eigenvalue weighted by Crippen LogP contribution is -2.38. The highest BCUT2D eigenvalue weighted by atomic mass is 16.5. The van der Waals surface area contributed by atoms with E-state index in [0.717, 1.165) is 59.9 Å². The quantitative estimate of drug-likeness (QED) is 0.410. The Hall–Kier alpha value is -3.58. The van der Waals surface area contributed by atoms with Crippen molar-refractivity contribution in [2.75, 3.05) is 18.4 Å². The van der Waals surface area contributed by atoms with Crippen LogP contribution in [-0.2, 0) is 0 Å². The normalized spacial score (nSPS) is 16.2. The summed E-state index contributed by atoms with van der Waals surface area (Å²) in [6.07, 6.45) is 3.99. The average Bonchev–Trinajstić information content (AvgIpc) is 3.21. The molecule has 0 radical (unpaired) electrons. The molecule has 4 aromatic rings. The summed E-state index contributed by atoms with van der Waals surface area (Å²) < 4.78 is 12.2. The van der Waals surface area contributed by atoms with E-state index in [-0.39, 0.29) is 0 Å². The van der Waals surface area contributed by atoms with Crippen LogP contribution in [0.3, 0.4) is 0 Å². The predicted molar refractivity (Wildman–Crippen MR) is 121 cm³/mol. The van der Waals surface area contributed by atoms with E-state index < -0.39 is 0 Å². The Balaban J connectivity index is 1.39. The first-order chi connectivity index (χ1) is 15.3. The van der Waals surface area contributed by atoms with Crippen molar-refractivity contribution in [2.24, 2.45) is 0 Å². The minimum Gasteiger partial charge on any atom is -0.457 e. The monoisotopic (exact) mass is 415 g/mol. The number of ether oxygens (including phenoxy) is 2. The van der Waals surface area contributed by atoms with Crippen molar-refractivity contribution in [2.45, 2.75) is 25.8 Å². The number of benzene rings is 2. The van der Waals surface area contributed by atoms with Gasteiger partial charge in [-0.15, -0.1) is 0 Å². The van der Waals surface area contributed by atoms with Crippen LogP contribution in [0.25, 0.3) is 11.0 Å². The molecule has 7 nitrogen and oxygen atoms in total. The van der Waals surface area contributed by atoms with Gasteiger partial charge in [0, 0.05) is 24.8 Å². The lowest BCUT2D eigenvalue weighted by atomic mass is 10.1. The van der Waals surface area contributed by atoms with E-state index in [1.165, 1.54) is 0 Å². The SMILES string of the molecule is Cc1cc(Oc2ccccc2)ccc1Oc1ccnc2[nH]nc(N[C@@H]3CCCNC3)c12. The first-order valence-electron chi connectivity index (χ1n) is 10.6. The number of nitrogens with one attached hydrogen (secondary N) is 3. The lowest BCUT2D eigenvalue weighted by molar-refractivity contribution is 0.468. The molecule has 0 spiro atoms. The Kier molecular flexibility index (Phi) is 5.41. The number of H-pyrrole nitrogens is 1. The van der Waals surface area contributed by atoms with E-state index >= 15 is 0 Å². The van der Waals surface area contributed by atoms with Gasteiger partial charge in [-0.1, -0.05) is 18.2 Å². The standard InChI is InChI=1S/C24H25N5O2/c1-16-14-19(30-18-7-3-2-4-8-18)9-10-20(16)31-21-11-13-26-23-22(21)24(29-28-23)27-17-6-5-12-25-15-17/h2-4,7-11,13-14,17,25H,5-6,12,15H2,1H3,(H2,26,27,28,29)/t17-/m1/s1. The molecule has 0 saturated carbocycles. The number of hydrogen-bond donors (Lipinski definition) is 3. The van der Waals surface area contributed by atoms with Gasteiger partial charge in [0.2, 0.25) is 0 Å². The lowest BCUT2D eigenvalue weighted by Gasteiger charge is -2.23. The van der Waals surface area contributed by atoms with Crippen LogP contribution in [0.5, 0.6) is 23.0 Å². The van der Waals surface area contributed by atoms with Gasteiger partial charge in [0.1, 0.15) is 28.4 Å². The Morgan fingerprint density at radius 2 is 1.90 bits per heavy atom. The van der Waals surface area contributed by atoms with Crippen molar-refractivity contribution in [3.05, 3.63) is 66.4 Å². The van der Waals surface area contributed by atoms with Crippen LogP contribution in [0.2, 0.25) is 0 Å². The first-order valence-corrected chi connectivity index (χ1v) is 10.6. The smallest absolute Gasteiger partial charge is 0.161 e. The molecule has 0 aliphatic carbocycles. The van der Waals surface area contributed by atoms with E-state index in [4.69, 9.17) is 9.47 Å². The maximum absolute atomic E-state index is 6.30.